The van der Waals surface area contributed by atoms with E-state index in [1.807, 2.05) is 23.1 Å². The van der Waals surface area contributed by atoms with Crippen molar-refractivity contribution < 1.29 is 9.53 Å². The first-order valence-electron chi connectivity index (χ1n) is 12.5. The van der Waals surface area contributed by atoms with Crippen LogP contribution in [0.4, 0.5) is 0 Å². The van der Waals surface area contributed by atoms with Gasteiger partial charge in [0.2, 0.25) is 5.91 Å². The summed E-state index contributed by atoms with van der Waals surface area (Å²) in [5.74, 6) is 0.893. The summed E-state index contributed by atoms with van der Waals surface area (Å²) in [6, 6.07) is 13.1. The molecule has 6 rings (SSSR count). The van der Waals surface area contributed by atoms with Gasteiger partial charge in [-0.15, -0.1) is 0 Å². The minimum atomic E-state index is 0.179. The van der Waals surface area contributed by atoms with E-state index in [0.717, 1.165) is 56.8 Å². The quantitative estimate of drug-likeness (QED) is 0.568. The van der Waals surface area contributed by atoms with Crippen molar-refractivity contribution in [3.8, 4) is 17.0 Å². The lowest BCUT2D eigenvalue weighted by Gasteiger charge is -2.56. The van der Waals surface area contributed by atoms with E-state index in [1.54, 1.807) is 25.8 Å². The van der Waals surface area contributed by atoms with Crippen molar-refractivity contribution in [2.45, 2.75) is 38.1 Å². The molecule has 1 aromatic carbocycles. The molecule has 4 heterocycles. The van der Waals surface area contributed by atoms with Crippen LogP contribution in [0.1, 0.15) is 42.1 Å². The van der Waals surface area contributed by atoms with Gasteiger partial charge in [0.1, 0.15) is 12.1 Å². The first-order chi connectivity index (χ1) is 17.1. The molecular weight excluding hydrogens is 438 g/mol. The van der Waals surface area contributed by atoms with Gasteiger partial charge in [-0.1, -0.05) is 12.1 Å². The standard InChI is InChI=1S/C28H31N5O2/c1-35-23-5-4-22(30-16-23)15-27(34)32-12-9-28(10-13-32)17-33(18-28)26-7-3-20-14-21(2-6-24(20)26)25-8-11-29-19-31-25/h2,4-6,8,11,14,16,19,26H,3,7,9-10,12-13,15,17-18H2,1H3/t26-/m1/s1. The summed E-state index contributed by atoms with van der Waals surface area (Å²) in [6.45, 7) is 4.00. The average molecular weight is 470 g/mol. The van der Waals surface area contributed by atoms with Gasteiger partial charge in [0.15, 0.2) is 0 Å². The maximum atomic E-state index is 12.8. The van der Waals surface area contributed by atoms with Gasteiger partial charge in [0.25, 0.3) is 0 Å². The number of rotatable bonds is 5. The Bertz CT molecular complexity index is 1200. The van der Waals surface area contributed by atoms with Gasteiger partial charge in [-0.3, -0.25) is 14.7 Å². The van der Waals surface area contributed by atoms with E-state index < -0.39 is 0 Å². The number of nitrogens with zero attached hydrogens (tertiary/aromatic N) is 5. The summed E-state index contributed by atoms with van der Waals surface area (Å²) in [5, 5.41) is 0. The van der Waals surface area contributed by atoms with E-state index in [4.69, 9.17) is 4.74 Å². The number of carbonyl (C=O) groups excluding carboxylic acids is 1. The SMILES string of the molecule is COc1ccc(CC(=O)N2CCC3(CC2)CN([C@@H]2CCc4cc(-c5ccncn5)ccc42)C3)nc1. The number of hydrogen-bond donors (Lipinski definition) is 0. The molecule has 180 valence electrons. The predicted molar refractivity (Wildman–Crippen MR) is 133 cm³/mol. The second-order valence-corrected chi connectivity index (χ2v) is 10.2. The molecule has 0 N–H and O–H groups in total. The molecule has 1 spiro atoms. The fourth-order valence-electron chi connectivity index (χ4n) is 6.08. The van der Waals surface area contributed by atoms with Crippen LogP contribution in [0.15, 0.2) is 55.1 Å². The molecule has 2 saturated heterocycles. The molecule has 2 fully saturated rings. The number of fused-ring (bicyclic) bond motifs is 1. The fourth-order valence-corrected chi connectivity index (χ4v) is 6.08. The molecule has 35 heavy (non-hydrogen) atoms. The molecular formula is C28H31N5O2. The molecule has 7 heteroatoms. The number of aromatic nitrogens is 3. The smallest absolute Gasteiger partial charge is 0.228 e. The fraction of sp³-hybridized carbons (Fsp3) is 0.429. The lowest BCUT2D eigenvalue weighted by Crippen LogP contribution is -2.61. The van der Waals surface area contributed by atoms with Crippen LogP contribution in [-0.2, 0) is 17.6 Å². The molecule has 3 aromatic rings. The number of pyridine rings is 1. The molecule has 2 aromatic heterocycles. The zero-order chi connectivity index (χ0) is 23.8. The van der Waals surface area contributed by atoms with Crippen molar-refractivity contribution in [1.82, 2.24) is 24.8 Å². The van der Waals surface area contributed by atoms with Gasteiger partial charge in [0.05, 0.1) is 25.4 Å². The van der Waals surface area contributed by atoms with Crippen LogP contribution < -0.4 is 4.74 Å². The van der Waals surface area contributed by atoms with E-state index in [0.29, 0.717) is 23.6 Å². The Kier molecular flexibility index (Phi) is 5.72. The highest BCUT2D eigenvalue weighted by Gasteiger charge is 2.48. The Morgan fingerprint density at radius 1 is 1.11 bits per heavy atom. The lowest BCUT2D eigenvalue weighted by atomic mass is 9.71. The molecule has 0 radical (unpaired) electrons. The average Bonchev–Trinajstić information content (AvgIpc) is 3.31. The third-order valence-electron chi connectivity index (χ3n) is 8.13. The summed E-state index contributed by atoms with van der Waals surface area (Å²) in [4.78, 5) is 30.3. The minimum absolute atomic E-state index is 0.179. The number of ether oxygens (including phenoxy) is 1. The molecule has 3 aliphatic rings. The van der Waals surface area contributed by atoms with Gasteiger partial charge in [-0.2, -0.15) is 0 Å². The van der Waals surface area contributed by atoms with Gasteiger partial charge in [-0.25, -0.2) is 9.97 Å². The highest BCUT2D eigenvalue weighted by Crippen LogP contribution is 2.48. The van der Waals surface area contributed by atoms with Crippen molar-refractivity contribution in [2.24, 2.45) is 5.41 Å². The third kappa shape index (κ3) is 4.29. The summed E-state index contributed by atoms with van der Waals surface area (Å²) in [6.07, 6.45) is 9.96. The number of benzene rings is 1. The summed E-state index contributed by atoms with van der Waals surface area (Å²) in [5.41, 5.74) is 6.27. The lowest BCUT2D eigenvalue weighted by molar-refractivity contribution is -0.136. The minimum Gasteiger partial charge on any atom is -0.495 e. The monoisotopic (exact) mass is 469 g/mol. The maximum Gasteiger partial charge on any atom is 0.228 e. The number of amides is 1. The van der Waals surface area contributed by atoms with Gasteiger partial charge >= 0.3 is 0 Å². The zero-order valence-corrected chi connectivity index (χ0v) is 20.2. The Morgan fingerprint density at radius 3 is 2.69 bits per heavy atom. The summed E-state index contributed by atoms with van der Waals surface area (Å²) >= 11 is 0. The first kappa shape index (κ1) is 22.2. The van der Waals surface area contributed by atoms with Crippen LogP contribution in [0.3, 0.4) is 0 Å². The zero-order valence-electron chi connectivity index (χ0n) is 20.2. The molecule has 7 nitrogen and oxygen atoms in total. The topological polar surface area (TPSA) is 71.5 Å². The number of aryl methyl sites for hydroxylation is 1. The van der Waals surface area contributed by atoms with Crippen molar-refractivity contribution in [3.05, 3.63) is 71.9 Å². The van der Waals surface area contributed by atoms with E-state index >= 15 is 0 Å². The Hall–Kier alpha value is -3.32. The predicted octanol–water partition coefficient (Wildman–Crippen LogP) is 3.70. The molecule has 1 amide bonds. The largest absolute Gasteiger partial charge is 0.495 e. The van der Waals surface area contributed by atoms with Crippen molar-refractivity contribution >= 4 is 5.91 Å². The van der Waals surface area contributed by atoms with E-state index in [9.17, 15) is 4.79 Å². The molecule has 0 bridgehead atoms. The second kappa shape index (κ2) is 9.04. The Labute approximate surface area is 206 Å². The summed E-state index contributed by atoms with van der Waals surface area (Å²) in [7, 11) is 1.62. The van der Waals surface area contributed by atoms with Crippen LogP contribution in [0, 0.1) is 5.41 Å². The van der Waals surface area contributed by atoms with Crippen molar-refractivity contribution in [1.29, 1.82) is 0 Å². The normalized spacial score (nSPS) is 20.9. The van der Waals surface area contributed by atoms with Gasteiger partial charge in [-0.05, 0) is 66.5 Å². The summed E-state index contributed by atoms with van der Waals surface area (Å²) < 4.78 is 5.15. The van der Waals surface area contributed by atoms with Crippen molar-refractivity contribution in [2.75, 3.05) is 33.3 Å². The number of piperidine rings is 1. The Balaban J connectivity index is 1.03. The van der Waals surface area contributed by atoms with Crippen LogP contribution in [-0.4, -0.2) is 63.9 Å². The second-order valence-electron chi connectivity index (χ2n) is 10.2. The number of methoxy groups -OCH3 is 1. The van der Waals surface area contributed by atoms with Crippen LogP contribution >= 0.6 is 0 Å². The number of likely N-dealkylation sites (tertiary alicyclic amines) is 2. The van der Waals surface area contributed by atoms with E-state index in [1.165, 1.54) is 23.1 Å². The molecule has 1 atom stereocenters. The van der Waals surface area contributed by atoms with Crippen LogP contribution in [0.25, 0.3) is 11.3 Å². The van der Waals surface area contributed by atoms with Crippen LogP contribution in [0.5, 0.6) is 5.75 Å². The van der Waals surface area contributed by atoms with Gasteiger partial charge in [0, 0.05) is 49.7 Å². The molecule has 1 aliphatic carbocycles. The Morgan fingerprint density at radius 2 is 1.97 bits per heavy atom. The number of carbonyl (C=O) groups is 1. The first-order valence-corrected chi connectivity index (χ1v) is 12.5. The number of hydrogen-bond acceptors (Lipinski definition) is 6. The highest BCUT2D eigenvalue weighted by atomic mass is 16.5. The van der Waals surface area contributed by atoms with E-state index in [2.05, 4.69) is 38.1 Å². The van der Waals surface area contributed by atoms with E-state index in [-0.39, 0.29) is 5.91 Å². The highest BCUT2D eigenvalue weighted by molar-refractivity contribution is 5.78. The molecule has 0 saturated carbocycles. The van der Waals surface area contributed by atoms with Gasteiger partial charge < -0.3 is 9.64 Å². The maximum absolute atomic E-state index is 12.8. The molecule has 2 aliphatic heterocycles. The third-order valence-corrected chi connectivity index (χ3v) is 8.13. The van der Waals surface area contributed by atoms with Crippen molar-refractivity contribution in [3.63, 3.8) is 0 Å². The van der Waals surface area contributed by atoms with Crippen LogP contribution in [0.2, 0.25) is 0 Å². The molecule has 0 unspecified atom stereocenters.